The SMILES string of the molecule is O=c1c2cc(Cl)ccc2nc(-c2ccccc2)n1-c1ccc(Cl)cc1. The summed E-state index contributed by atoms with van der Waals surface area (Å²) in [5.74, 6) is 0.572. The van der Waals surface area contributed by atoms with Gasteiger partial charge in [-0.3, -0.25) is 9.36 Å². The molecule has 0 spiro atoms. The maximum Gasteiger partial charge on any atom is 0.266 e. The highest BCUT2D eigenvalue weighted by atomic mass is 35.5. The van der Waals surface area contributed by atoms with Crippen molar-refractivity contribution in [3.05, 3.63) is 93.2 Å². The topological polar surface area (TPSA) is 34.9 Å². The molecule has 0 bridgehead atoms. The zero-order chi connectivity index (χ0) is 17.4. The van der Waals surface area contributed by atoms with Gasteiger partial charge in [-0.1, -0.05) is 53.5 Å². The number of hydrogen-bond donors (Lipinski definition) is 0. The van der Waals surface area contributed by atoms with Crippen LogP contribution in [0.4, 0.5) is 0 Å². The molecule has 0 atom stereocenters. The van der Waals surface area contributed by atoms with Crippen LogP contribution in [0, 0.1) is 0 Å². The van der Waals surface area contributed by atoms with Crippen molar-refractivity contribution in [1.29, 1.82) is 0 Å². The van der Waals surface area contributed by atoms with Crippen LogP contribution in [0.25, 0.3) is 28.0 Å². The summed E-state index contributed by atoms with van der Waals surface area (Å²) < 4.78 is 1.59. The van der Waals surface area contributed by atoms with Crippen LogP contribution in [0.5, 0.6) is 0 Å². The molecule has 0 aliphatic heterocycles. The molecule has 0 saturated heterocycles. The monoisotopic (exact) mass is 366 g/mol. The van der Waals surface area contributed by atoms with Gasteiger partial charge < -0.3 is 0 Å². The summed E-state index contributed by atoms with van der Waals surface area (Å²) >= 11 is 12.1. The molecule has 0 N–H and O–H groups in total. The lowest BCUT2D eigenvalue weighted by atomic mass is 10.1. The van der Waals surface area contributed by atoms with Crippen molar-refractivity contribution in [1.82, 2.24) is 9.55 Å². The molecule has 0 fully saturated rings. The van der Waals surface area contributed by atoms with E-state index in [4.69, 9.17) is 28.2 Å². The van der Waals surface area contributed by atoms with Gasteiger partial charge >= 0.3 is 0 Å². The maximum absolute atomic E-state index is 13.2. The van der Waals surface area contributed by atoms with Gasteiger partial charge in [0.2, 0.25) is 0 Å². The Kier molecular flexibility index (Phi) is 4.04. The molecule has 1 aromatic heterocycles. The minimum absolute atomic E-state index is 0.173. The van der Waals surface area contributed by atoms with E-state index in [-0.39, 0.29) is 5.56 Å². The fraction of sp³-hybridized carbons (Fsp3) is 0. The van der Waals surface area contributed by atoms with Crippen molar-refractivity contribution in [2.75, 3.05) is 0 Å². The Balaban J connectivity index is 2.12. The lowest BCUT2D eigenvalue weighted by molar-refractivity contribution is 0.976. The minimum Gasteiger partial charge on any atom is -0.268 e. The Morgan fingerprint density at radius 1 is 0.800 bits per heavy atom. The van der Waals surface area contributed by atoms with Crippen LogP contribution in [0.15, 0.2) is 77.6 Å². The quantitative estimate of drug-likeness (QED) is 0.478. The van der Waals surface area contributed by atoms with Gasteiger partial charge in [-0.25, -0.2) is 4.98 Å². The van der Waals surface area contributed by atoms with Crippen LogP contribution in [0.2, 0.25) is 10.0 Å². The molecule has 0 radical (unpaired) electrons. The van der Waals surface area contributed by atoms with E-state index < -0.39 is 0 Å². The van der Waals surface area contributed by atoms with Crippen molar-refractivity contribution in [3.63, 3.8) is 0 Å². The summed E-state index contributed by atoms with van der Waals surface area (Å²) in [4.78, 5) is 17.9. The fourth-order valence-corrected chi connectivity index (χ4v) is 3.07. The molecule has 122 valence electrons. The first kappa shape index (κ1) is 15.9. The van der Waals surface area contributed by atoms with Gasteiger partial charge in [0.15, 0.2) is 0 Å². The Labute approximate surface area is 154 Å². The van der Waals surface area contributed by atoms with Crippen LogP contribution in [0.3, 0.4) is 0 Å². The number of halogens is 2. The van der Waals surface area contributed by atoms with E-state index in [2.05, 4.69) is 0 Å². The number of hydrogen-bond acceptors (Lipinski definition) is 2. The second kappa shape index (κ2) is 6.36. The van der Waals surface area contributed by atoms with E-state index in [9.17, 15) is 4.79 Å². The number of fused-ring (bicyclic) bond motifs is 1. The van der Waals surface area contributed by atoms with Crippen LogP contribution < -0.4 is 5.56 Å². The second-order valence-corrected chi connectivity index (χ2v) is 6.45. The van der Waals surface area contributed by atoms with Gasteiger partial charge in [-0.2, -0.15) is 0 Å². The third-order valence-electron chi connectivity index (χ3n) is 3.95. The highest BCUT2D eigenvalue weighted by Gasteiger charge is 2.14. The maximum atomic E-state index is 13.2. The van der Waals surface area contributed by atoms with E-state index in [1.54, 1.807) is 47.0 Å². The smallest absolute Gasteiger partial charge is 0.266 e. The van der Waals surface area contributed by atoms with Crippen molar-refractivity contribution in [2.45, 2.75) is 0 Å². The first-order valence-electron chi connectivity index (χ1n) is 7.67. The average Bonchev–Trinajstić information content (AvgIpc) is 2.64. The summed E-state index contributed by atoms with van der Waals surface area (Å²) in [6, 6.07) is 21.9. The molecular weight excluding hydrogens is 355 g/mol. The minimum atomic E-state index is -0.173. The first-order valence-corrected chi connectivity index (χ1v) is 8.43. The molecule has 0 amide bonds. The summed E-state index contributed by atoms with van der Waals surface area (Å²) in [5.41, 5.74) is 1.99. The van der Waals surface area contributed by atoms with Crippen molar-refractivity contribution in [3.8, 4) is 17.1 Å². The molecule has 25 heavy (non-hydrogen) atoms. The van der Waals surface area contributed by atoms with Gasteiger partial charge in [-0.15, -0.1) is 0 Å². The molecule has 4 rings (SSSR count). The van der Waals surface area contributed by atoms with E-state index in [0.29, 0.717) is 32.5 Å². The Morgan fingerprint density at radius 2 is 1.48 bits per heavy atom. The number of rotatable bonds is 2. The predicted molar refractivity (Wildman–Crippen MR) is 103 cm³/mol. The van der Waals surface area contributed by atoms with Gasteiger partial charge in [0.05, 0.1) is 16.6 Å². The van der Waals surface area contributed by atoms with Gasteiger partial charge in [-0.05, 0) is 42.5 Å². The Bertz CT molecular complexity index is 1120. The van der Waals surface area contributed by atoms with E-state index in [1.165, 1.54) is 0 Å². The average molecular weight is 367 g/mol. The molecule has 0 unspecified atom stereocenters. The molecular formula is C20H12Cl2N2O. The number of nitrogens with zero attached hydrogens (tertiary/aromatic N) is 2. The molecule has 3 aromatic carbocycles. The molecule has 5 heteroatoms. The molecule has 0 saturated carbocycles. The van der Waals surface area contributed by atoms with Crippen LogP contribution >= 0.6 is 23.2 Å². The zero-order valence-electron chi connectivity index (χ0n) is 13.0. The fourth-order valence-electron chi connectivity index (χ4n) is 2.77. The lowest BCUT2D eigenvalue weighted by Crippen LogP contribution is -2.22. The first-order chi connectivity index (χ1) is 12.1. The lowest BCUT2D eigenvalue weighted by Gasteiger charge is -2.14. The number of aromatic nitrogens is 2. The normalized spacial score (nSPS) is 11.0. The Morgan fingerprint density at radius 3 is 2.20 bits per heavy atom. The summed E-state index contributed by atoms with van der Waals surface area (Å²) in [7, 11) is 0. The molecule has 4 aromatic rings. The highest BCUT2D eigenvalue weighted by Crippen LogP contribution is 2.24. The number of benzene rings is 3. The Hall–Kier alpha value is -2.62. The highest BCUT2D eigenvalue weighted by molar-refractivity contribution is 6.31. The summed E-state index contributed by atoms with van der Waals surface area (Å²) in [6.45, 7) is 0. The molecule has 3 nitrogen and oxygen atoms in total. The third kappa shape index (κ3) is 2.93. The largest absolute Gasteiger partial charge is 0.268 e. The van der Waals surface area contributed by atoms with Crippen LogP contribution in [0.1, 0.15) is 0 Å². The van der Waals surface area contributed by atoms with E-state index >= 15 is 0 Å². The molecule has 1 heterocycles. The summed E-state index contributed by atoms with van der Waals surface area (Å²) in [6.07, 6.45) is 0. The van der Waals surface area contributed by atoms with E-state index in [0.717, 1.165) is 5.56 Å². The second-order valence-electron chi connectivity index (χ2n) is 5.58. The van der Waals surface area contributed by atoms with Gasteiger partial charge in [0.25, 0.3) is 5.56 Å². The van der Waals surface area contributed by atoms with Crippen molar-refractivity contribution >= 4 is 34.1 Å². The summed E-state index contributed by atoms with van der Waals surface area (Å²) in [5, 5.41) is 1.58. The zero-order valence-corrected chi connectivity index (χ0v) is 14.5. The standard InChI is InChI=1S/C20H12Cl2N2O/c21-14-6-9-16(10-7-14)24-19(13-4-2-1-3-5-13)23-18-11-8-15(22)12-17(18)20(24)25/h1-12H. The van der Waals surface area contributed by atoms with Gasteiger partial charge in [0, 0.05) is 15.6 Å². The van der Waals surface area contributed by atoms with Crippen molar-refractivity contribution < 1.29 is 0 Å². The van der Waals surface area contributed by atoms with Gasteiger partial charge in [0.1, 0.15) is 5.82 Å². The van der Waals surface area contributed by atoms with Crippen LogP contribution in [-0.4, -0.2) is 9.55 Å². The predicted octanol–water partition coefficient (Wildman–Crippen LogP) is 5.36. The van der Waals surface area contributed by atoms with Crippen molar-refractivity contribution in [2.24, 2.45) is 0 Å². The molecule has 0 aliphatic carbocycles. The van der Waals surface area contributed by atoms with E-state index in [1.807, 2.05) is 30.3 Å². The molecule has 0 aliphatic rings. The van der Waals surface area contributed by atoms with Crippen LogP contribution in [-0.2, 0) is 0 Å². The third-order valence-corrected chi connectivity index (χ3v) is 4.43.